The SMILES string of the molecule is CCOC(=O)c1ccc(Cn2c(=O)oc3cc(S(=O)(=O)N4CCCCC4)ccc32)o1. The van der Waals surface area contributed by atoms with Gasteiger partial charge in [0, 0.05) is 19.2 Å². The molecule has 0 aliphatic carbocycles. The summed E-state index contributed by atoms with van der Waals surface area (Å²) in [5.41, 5.74) is 0.613. The van der Waals surface area contributed by atoms with Crippen molar-refractivity contribution in [2.75, 3.05) is 19.7 Å². The highest BCUT2D eigenvalue weighted by Gasteiger charge is 2.27. The molecular formula is C20H22N2O7S. The Morgan fingerprint density at radius 3 is 2.60 bits per heavy atom. The van der Waals surface area contributed by atoms with Crippen molar-refractivity contribution < 1.29 is 26.8 Å². The Morgan fingerprint density at radius 2 is 1.87 bits per heavy atom. The number of hydrogen-bond acceptors (Lipinski definition) is 7. The Morgan fingerprint density at radius 1 is 1.10 bits per heavy atom. The fourth-order valence-corrected chi connectivity index (χ4v) is 5.07. The minimum Gasteiger partial charge on any atom is -0.460 e. The molecule has 0 saturated carbocycles. The van der Waals surface area contributed by atoms with E-state index in [0.29, 0.717) is 24.4 Å². The van der Waals surface area contributed by atoms with Crippen LogP contribution in [-0.4, -0.2) is 43.0 Å². The summed E-state index contributed by atoms with van der Waals surface area (Å²) in [5, 5.41) is 0. The van der Waals surface area contributed by atoms with Gasteiger partial charge < -0.3 is 13.6 Å². The minimum absolute atomic E-state index is 0.0312. The number of furan rings is 1. The Bertz CT molecular complexity index is 1230. The summed E-state index contributed by atoms with van der Waals surface area (Å²) < 4.78 is 44.2. The van der Waals surface area contributed by atoms with Crippen molar-refractivity contribution in [3.63, 3.8) is 0 Å². The van der Waals surface area contributed by atoms with Crippen molar-refractivity contribution in [1.29, 1.82) is 0 Å². The second-order valence-corrected chi connectivity index (χ2v) is 8.97. The summed E-state index contributed by atoms with van der Waals surface area (Å²) in [6.07, 6.45) is 2.70. The van der Waals surface area contributed by atoms with E-state index in [9.17, 15) is 18.0 Å². The van der Waals surface area contributed by atoms with Crippen LogP contribution in [0.15, 0.2) is 48.9 Å². The maximum Gasteiger partial charge on any atom is 0.420 e. The van der Waals surface area contributed by atoms with Crippen LogP contribution >= 0.6 is 0 Å². The smallest absolute Gasteiger partial charge is 0.420 e. The van der Waals surface area contributed by atoms with E-state index >= 15 is 0 Å². The van der Waals surface area contributed by atoms with Crippen LogP contribution in [0, 0.1) is 0 Å². The van der Waals surface area contributed by atoms with Crippen LogP contribution in [-0.2, 0) is 21.3 Å². The number of aromatic nitrogens is 1. The standard InChI is InChI=1S/C20H22N2O7S/c1-2-27-19(23)17-9-6-14(28-17)13-22-16-8-7-15(12-18(16)29-20(22)24)30(25,26)21-10-4-3-5-11-21/h6-9,12H,2-5,10-11,13H2,1H3. The number of sulfonamides is 1. The van der Waals surface area contributed by atoms with E-state index in [1.165, 1.54) is 27.1 Å². The molecule has 0 bridgehead atoms. The van der Waals surface area contributed by atoms with Crippen molar-refractivity contribution in [3.05, 3.63) is 52.4 Å². The molecule has 10 heteroatoms. The first-order chi connectivity index (χ1) is 14.4. The first-order valence-electron chi connectivity index (χ1n) is 9.79. The van der Waals surface area contributed by atoms with Gasteiger partial charge in [0.05, 0.1) is 23.6 Å². The lowest BCUT2D eigenvalue weighted by Crippen LogP contribution is -2.35. The lowest BCUT2D eigenvalue weighted by Gasteiger charge is -2.25. The van der Waals surface area contributed by atoms with Gasteiger partial charge in [-0.2, -0.15) is 4.31 Å². The minimum atomic E-state index is -3.64. The van der Waals surface area contributed by atoms with Crippen LogP contribution in [0.2, 0.25) is 0 Å². The summed E-state index contributed by atoms with van der Waals surface area (Å²) in [6, 6.07) is 7.45. The average Bonchev–Trinajstić information content (AvgIpc) is 3.33. The molecule has 0 atom stereocenters. The van der Waals surface area contributed by atoms with Crippen molar-refractivity contribution in [3.8, 4) is 0 Å². The molecule has 9 nitrogen and oxygen atoms in total. The van der Waals surface area contributed by atoms with E-state index in [1.807, 2.05) is 0 Å². The molecule has 1 aromatic carbocycles. The fraction of sp³-hybridized carbons (Fsp3) is 0.400. The molecule has 2 aromatic heterocycles. The predicted octanol–water partition coefficient (Wildman–Crippen LogP) is 2.59. The molecule has 4 rings (SSSR count). The van der Waals surface area contributed by atoms with Gasteiger partial charge in [0.1, 0.15) is 5.76 Å². The van der Waals surface area contributed by atoms with Gasteiger partial charge in [-0.1, -0.05) is 6.42 Å². The van der Waals surface area contributed by atoms with E-state index in [0.717, 1.165) is 19.3 Å². The topological polar surface area (TPSA) is 112 Å². The van der Waals surface area contributed by atoms with Crippen LogP contribution < -0.4 is 5.76 Å². The van der Waals surface area contributed by atoms with Gasteiger partial charge in [-0.3, -0.25) is 4.57 Å². The molecule has 160 valence electrons. The van der Waals surface area contributed by atoms with E-state index in [2.05, 4.69) is 0 Å². The summed E-state index contributed by atoms with van der Waals surface area (Å²) >= 11 is 0. The van der Waals surface area contributed by atoms with Gasteiger partial charge in [-0.15, -0.1) is 0 Å². The Hall–Kier alpha value is -2.85. The largest absolute Gasteiger partial charge is 0.460 e. The molecule has 0 N–H and O–H groups in total. The highest BCUT2D eigenvalue weighted by atomic mass is 32.2. The molecule has 0 amide bonds. The molecule has 0 spiro atoms. The van der Waals surface area contributed by atoms with Gasteiger partial charge in [0.2, 0.25) is 15.8 Å². The molecule has 3 aromatic rings. The third-order valence-electron chi connectivity index (χ3n) is 5.04. The summed E-state index contributed by atoms with van der Waals surface area (Å²) in [5.74, 6) is -0.817. The average molecular weight is 434 g/mol. The molecule has 1 fully saturated rings. The Balaban J connectivity index is 1.63. The summed E-state index contributed by atoms with van der Waals surface area (Å²) in [6.45, 7) is 2.94. The van der Waals surface area contributed by atoms with Gasteiger partial charge in [-0.25, -0.2) is 18.0 Å². The maximum atomic E-state index is 12.9. The van der Waals surface area contributed by atoms with E-state index < -0.39 is 21.7 Å². The Labute approximate surface area is 172 Å². The van der Waals surface area contributed by atoms with Crippen molar-refractivity contribution >= 4 is 27.1 Å². The van der Waals surface area contributed by atoms with Gasteiger partial charge in [0.15, 0.2) is 5.58 Å². The van der Waals surface area contributed by atoms with Crippen LogP contribution in [0.1, 0.15) is 42.5 Å². The molecule has 1 saturated heterocycles. The van der Waals surface area contributed by atoms with E-state index in [4.69, 9.17) is 13.6 Å². The molecule has 0 radical (unpaired) electrons. The number of fused-ring (bicyclic) bond motifs is 1. The van der Waals surface area contributed by atoms with Crippen LogP contribution in [0.5, 0.6) is 0 Å². The second kappa shape index (κ2) is 8.11. The molecule has 1 aliphatic heterocycles. The number of nitrogens with zero attached hydrogens (tertiary/aromatic N) is 2. The predicted molar refractivity (Wildman–Crippen MR) is 107 cm³/mol. The monoisotopic (exact) mass is 434 g/mol. The van der Waals surface area contributed by atoms with E-state index in [1.54, 1.807) is 19.1 Å². The van der Waals surface area contributed by atoms with Gasteiger partial charge in [0.25, 0.3) is 0 Å². The number of hydrogen-bond donors (Lipinski definition) is 0. The molecule has 30 heavy (non-hydrogen) atoms. The van der Waals surface area contributed by atoms with Crippen molar-refractivity contribution in [2.45, 2.75) is 37.6 Å². The fourth-order valence-electron chi connectivity index (χ4n) is 3.54. The number of oxazole rings is 1. The van der Waals surface area contributed by atoms with Crippen LogP contribution in [0.3, 0.4) is 0 Å². The summed E-state index contributed by atoms with van der Waals surface area (Å²) in [7, 11) is -3.64. The summed E-state index contributed by atoms with van der Waals surface area (Å²) in [4.78, 5) is 24.2. The molecule has 3 heterocycles. The van der Waals surface area contributed by atoms with Gasteiger partial charge >= 0.3 is 11.7 Å². The first kappa shape index (κ1) is 20.4. The Kier molecular flexibility index (Phi) is 5.52. The highest BCUT2D eigenvalue weighted by Crippen LogP contribution is 2.24. The number of carbonyl (C=O) groups is 1. The van der Waals surface area contributed by atoms with Crippen molar-refractivity contribution in [2.24, 2.45) is 0 Å². The van der Waals surface area contributed by atoms with Crippen LogP contribution in [0.25, 0.3) is 11.1 Å². The lowest BCUT2D eigenvalue weighted by atomic mass is 10.2. The van der Waals surface area contributed by atoms with E-state index in [-0.39, 0.29) is 29.4 Å². The maximum absolute atomic E-state index is 12.9. The molecular weight excluding hydrogens is 412 g/mol. The van der Waals surface area contributed by atoms with Gasteiger partial charge in [-0.05, 0) is 44.0 Å². The number of esters is 1. The zero-order valence-electron chi connectivity index (χ0n) is 16.5. The zero-order valence-corrected chi connectivity index (χ0v) is 17.3. The van der Waals surface area contributed by atoms with Crippen molar-refractivity contribution in [1.82, 2.24) is 8.87 Å². The lowest BCUT2D eigenvalue weighted by molar-refractivity contribution is 0.0488. The third kappa shape index (κ3) is 3.80. The number of ether oxygens (including phenoxy) is 1. The molecule has 1 aliphatic rings. The normalized spacial score (nSPS) is 15.5. The molecule has 0 unspecified atom stereocenters. The second-order valence-electron chi connectivity index (χ2n) is 7.03. The number of rotatable bonds is 6. The highest BCUT2D eigenvalue weighted by molar-refractivity contribution is 7.89. The quantitative estimate of drug-likeness (QED) is 0.548. The number of piperidine rings is 1. The number of carbonyl (C=O) groups excluding carboxylic acids is 1. The van der Waals surface area contributed by atoms with Crippen LogP contribution in [0.4, 0.5) is 0 Å². The number of benzene rings is 1. The first-order valence-corrected chi connectivity index (χ1v) is 11.2. The third-order valence-corrected chi connectivity index (χ3v) is 6.94. The zero-order chi connectivity index (χ0) is 21.3.